The molecule has 0 aliphatic carbocycles. The molecule has 20 heavy (non-hydrogen) atoms. The van der Waals surface area contributed by atoms with Gasteiger partial charge in [-0.3, -0.25) is 4.79 Å². The average molecular weight is 293 g/mol. The van der Waals surface area contributed by atoms with Crippen LogP contribution in [0.4, 0.5) is 13.2 Å². The first-order valence-electron chi connectivity index (χ1n) is 5.83. The van der Waals surface area contributed by atoms with Crippen LogP contribution in [-0.4, -0.2) is 41.6 Å². The molecule has 0 unspecified atom stereocenters. The summed E-state index contributed by atoms with van der Waals surface area (Å²) in [6.07, 6.45) is -2.47. The highest BCUT2D eigenvalue weighted by atomic mass is 19.4. The highest BCUT2D eigenvalue weighted by Crippen LogP contribution is 2.16. The molecule has 0 aromatic rings. The third kappa shape index (κ3) is 6.96. The Labute approximate surface area is 115 Å². The summed E-state index contributed by atoms with van der Waals surface area (Å²) in [5, 5.41) is 0. The van der Waals surface area contributed by atoms with Crippen molar-refractivity contribution in [3.8, 4) is 0 Å². The second-order valence-electron chi connectivity index (χ2n) is 4.92. The van der Waals surface area contributed by atoms with Gasteiger partial charge in [-0.1, -0.05) is 6.08 Å². The lowest BCUT2D eigenvalue weighted by atomic mass is 10.1. The molecule has 0 aliphatic rings. The smallest absolute Gasteiger partial charge is 0.409 e. The minimum absolute atomic E-state index is 0.0595. The van der Waals surface area contributed by atoms with Crippen LogP contribution in [0.3, 0.4) is 0 Å². The molecule has 0 fully saturated rings. The van der Waals surface area contributed by atoms with Gasteiger partial charge in [-0.15, -0.1) is 6.58 Å². The Morgan fingerprint density at radius 2 is 1.80 bits per heavy atom. The van der Waals surface area contributed by atoms with Crippen LogP contribution in [0.15, 0.2) is 24.8 Å². The molecule has 0 aliphatic heterocycles. The molecule has 0 heterocycles. The number of hydrogen-bond acceptors (Lipinski definition) is 3. The number of halogens is 3. The van der Waals surface area contributed by atoms with Crippen molar-refractivity contribution in [1.82, 2.24) is 4.90 Å². The Bertz CT molecular complexity index is 395. The van der Waals surface area contributed by atoms with Crippen molar-refractivity contribution >= 4 is 11.9 Å². The Balaban J connectivity index is 4.57. The molecule has 0 rings (SSSR count). The first kappa shape index (κ1) is 18.2. The molecular weight excluding hydrogens is 275 g/mol. The van der Waals surface area contributed by atoms with E-state index in [9.17, 15) is 22.8 Å². The second-order valence-corrected chi connectivity index (χ2v) is 4.92. The molecule has 0 aromatic heterocycles. The molecule has 0 atom stereocenters. The van der Waals surface area contributed by atoms with E-state index >= 15 is 0 Å². The summed E-state index contributed by atoms with van der Waals surface area (Å²) < 4.78 is 39.9. The summed E-state index contributed by atoms with van der Waals surface area (Å²) in [6, 6.07) is 0. The molecule has 0 N–H and O–H groups in total. The van der Waals surface area contributed by atoms with E-state index in [1.807, 2.05) is 0 Å². The molecule has 0 bridgehead atoms. The van der Waals surface area contributed by atoms with Crippen LogP contribution in [0.1, 0.15) is 20.8 Å². The van der Waals surface area contributed by atoms with Gasteiger partial charge >= 0.3 is 18.1 Å². The SMILES string of the molecule is C=CCN(C(=O)C(=O)OC/C=C/C(F)(F)F)C(C)(C)C. The number of amides is 1. The van der Waals surface area contributed by atoms with E-state index in [1.165, 1.54) is 11.0 Å². The van der Waals surface area contributed by atoms with E-state index in [0.717, 1.165) is 0 Å². The van der Waals surface area contributed by atoms with E-state index in [0.29, 0.717) is 6.08 Å². The molecule has 4 nitrogen and oxygen atoms in total. The number of carbonyl (C=O) groups excluding carboxylic acids is 2. The van der Waals surface area contributed by atoms with Gasteiger partial charge in [0, 0.05) is 18.2 Å². The van der Waals surface area contributed by atoms with E-state index in [1.54, 1.807) is 20.8 Å². The highest BCUT2D eigenvalue weighted by molar-refractivity contribution is 6.32. The molecule has 0 aromatic carbocycles. The van der Waals surface area contributed by atoms with E-state index in [-0.39, 0.29) is 12.6 Å². The first-order valence-corrected chi connectivity index (χ1v) is 5.83. The topological polar surface area (TPSA) is 46.6 Å². The van der Waals surface area contributed by atoms with Crippen LogP contribution >= 0.6 is 0 Å². The van der Waals surface area contributed by atoms with Gasteiger partial charge in [0.05, 0.1) is 0 Å². The summed E-state index contributed by atoms with van der Waals surface area (Å²) in [5.74, 6) is -2.12. The first-order chi connectivity index (χ1) is 8.99. The molecule has 0 saturated heterocycles. The Morgan fingerprint density at radius 3 is 2.20 bits per heavy atom. The van der Waals surface area contributed by atoms with Gasteiger partial charge < -0.3 is 9.64 Å². The number of hydrogen-bond donors (Lipinski definition) is 0. The van der Waals surface area contributed by atoms with Gasteiger partial charge in [-0.05, 0) is 26.8 Å². The summed E-state index contributed by atoms with van der Waals surface area (Å²) in [5.41, 5.74) is -0.633. The quantitative estimate of drug-likeness (QED) is 0.454. The zero-order chi connectivity index (χ0) is 16.0. The van der Waals surface area contributed by atoms with Crippen LogP contribution in [0.5, 0.6) is 0 Å². The van der Waals surface area contributed by atoms with E-state index in [4.69, 9.17) is 0 Å². The summed E-state index contributed by atoms with van der Waals surface area (Å²) >= 11 is 0. The fourth-order valence-corrected chi connectivity index (χ4v) is 1.27. The zero-order valence-electron chi connectivity index (χ0n) is 11.7. The number of allylic oxidation sites excluding steroid dienone is 1. The second kappa shape index (κ2) is 7.12. The van der Waals surface area contributed by atoms with Crippen LogP contribution < -0.4 is 0 Å². The molecule has 7 heteroatoms. The van der Waals surface area contributed by atoms with E-state index < -0.39 is 30.2 Å². The lowest BCUT2D eigenvalue weighted by Gasteiger charge is -2.33. The molecule has 0 spiro atoms. The fourth-order valence-electron chi connectivity index (χ4n) is 1.27. The minimum atomic E-state index is -4.48. The third-order valence-electron chi connectivity index (χ3n) is 2.16. The Morgan fingerprint density at radius 1 is 1.25 bits per heavy atom. The van der Waals surface area contributed by atoms with Crippen molar-refractivity contribution in [2.45, 2.75) is 32.5 Å². The van der Waals surface area contributed by atoms with Gasteiger partial charge in [0.15, 0.2) is 0 Å². The van der Waals surface area contributed by atoms with Crippen LogP contribution in [0.25, 0.3) is 0 Å². The number of rotatable bonds is 4. The van der Waals surface area contributed by atoms with Gasteiger partial charge in [-0.2, -0.15) is 13.2 Å². The van der Waals surface area contributed by atoms with Crippen LogP contribution in [-0.2, 0) is 14.3 Å². The molecule has 1 amide bonds. The van der Waals surface area contributed by atoms with Gasteiger partial charge in [0.2, 0.25) is 0 Å². The van der Waals surface area contributed by atoms with Crippen LogP contribution in [0.2, 0.25) is 0 Å². The molecule has 114 valence electrons. The van der Waals surface area contributed by atoms with Gasteiger partial charge in [0.1, 0.15) is 6.61 Å². The normalized spacial score (nSPS) is 12.3. The zero-order valence-corrected chi connectivity index (χ0v) is 11.7. The molecule has 0 radical (unpaired) electrons. The van der Waals surface area contributed by atoms with Crippen molar-refractivity contribution in [2.75, 3.05) is 13.2 Å². The van der Waals surface area contributed by atoms with Crippen molar-refractivity contribution in [3.05, 3.63) is 24.8 Å². The maximum absolute atomic E-state index is 11.8. The Hall–Kier alpha value is -1.79. The van der Waals surface area contributed by atoms with E-state index in [2.05, 4.69) is 11.3 Å². The number of ether oxygens (including phenoxy) is 1. The summed E-state index contributed by atoms with van der Waals surface area (Å²) in [6.45, 7) is 8.14. The average Bonchev–Trinajstić information content (AvgIpc) is 2.27. The monoisotopic (exact) mass is 293 g/mol. The van der Waals surface area contributed by atoms with Crippen molar-refractivity contribution in [3.63, 3.8) is 0 Å². The predicted molar refractivity (Wildman–Crippen MR) is 67.8 cm³/mol. The lowest BCUT2D eigenvalue weighted by molar-refractivity contribution is -0.161. The number of nitrogens with zero attached hydrogens (tertiary/aromatic N) is 1. The van der Waals surface area contributed by atoms with Crippen molar-refractivity contribution in [1.29, 1.82) is 0 Å². The number of esters is 1. The predicted octanol–water partition coefficient (Wildman–Crippen LogP) is 2.46. The van der Waals surface area contributed by atoms with Gasteiger partial charge in [0.25, 0.3) is 0 Å². The largest absolute Gasteiger partial charge is 0.454 e. The summed E-state index contributed by atoms with van der Waals surface area (Å²) in [4.78, 5) is 24.5. The summed E-state index contributed by atoms with van der Waals surface area (Å²) in [7, 11) is 0. The third-order valence-corrected chi connectivity index (χ3v) is 2.16. The standard InChI is InChI=1S/C13H18F3NO3/c1-5-8-17(12(2,3)4)10(18)11(19)20-9-6-7-13(14,15)16/h5-7H,1,8-9H2,2-4H3/b7-6+. The maximum atomic E-state index is 11.8. The Kier molecular flexibility index (Phi) is 6.48. The van der Waals surface area contributed by atoms with Crippen molar-refractivity contribution < 1.29 is 27.5 Å². The molecule has 0 saturated carbocycles. The minimum Gasteiger partial charge on any atom is -0.454 e. The lowest BCUT2D eigenvalue weighted by Crippen LogP contribution is -2.49. The maximum Gasteiger partial charge on any atom is 0.409 e. The van der Waals surface area contributed by atoms with Crippen LogP contribution in [0, 0.1) is 0 Å². The fraction of sp³-hybridized carbons (Fsp3) is 0.538. The highest BCUT2D eigenvalue weighted by Gasteiger charge is 2.31. The molecular formula is C13H18F3NO3. The number of alkyl halides is 3. The number of carbonyl (C=O) groups is 2. The van der Waals surface area contributed by atoms with Crippen molar-refractivity contribution in [2.24, 2.45) is 0 Å². The van der Waals surface area contributed by atoms with Gasteiger partial charge in [-0.25, -0.2) is 4.79 Å².